The van der Waals surface area contributed by atoms with Crippen LogP contribution in [0.15, 0.2) is 24.3 Å². The highest BCUT2D eigenvalue weighted by Crippen LogP contribution is 2.27. The monoisotopic (exact) mass is 501 g/mol. The van der Waals surface area contributed by atoms with E-state index in [4.69, 9.17) is 4.74 Å². The van der Waals surface area contributed by atoms with Crippen molar-refractivity contribution in [1.29, 1.82) is 0 Å². The Labute approximate surface area is 217 Å². The number of rotatable bonds is 11. The summed E-state index contributed by atoms with van der Waals surface area (Å²) < 4.78 is 5.36. The molecule has 1 aromatic carbocycles. The summed E-state index contributed by atoms with van der Waals surface area (Å²) in [5.41, 5.74) is 1.11. The van der Waals surface area contributed by atoms with Gasteiger partial charge in [-0.05, 0) is 65.0 Å². The predicted molar refractivity (Wildman–Crippen MR) is 144 cm³/mol. The number of hydrogen-bond acceptors (Lipinski definition) is 4. The zero-order valence-corrected chi connectivity index (χ0v) is 23.2. The van der Waals surface area contributed by atoms with Crippen LogP contribution in [0.4, 0.5) is 4.79 Å². The van der Waals surface area contributed by atoms with Crippen LogP contribution in [0.5, 0.6) is 0 Å². The van der Waals surface area contributed by atoms with Crippen LogP contribution in [-0.2, 0) is 14.3 Å². The summed E-state index contributed by atoms with van der Waals surface area (Å²) >= 11 is 0. The molecule has 1 fully saturated rings. The summed E-state index contributed by atoms with van der Waals surface area (Å²) in [7, 11) is 0. The molecule has 1 aromatic rings. The van der Waals surface area contributed by atoms with Gasteiger partial charge in [-0.3, -0.25) is 9.59 Å². The molecule has 202 valence electrons. The number of unbranched alkanes of at least 4 members (excludes halogenated alkanes) is 3. The molecule has 1 saturated carbocycles. The van der Waals surface area contributed by atoms with E-state index in [0.717, 1.165) is 62.5 Å². The van der Waals surface area contributed by atoms with Crippen molar-refractivity contribution >= 4 is 17.9 Å². The maximum Gasteiger partial charge on any atom is 0.408 e. The molecule has 2 atom stereocenters. The Kier molecular flexibility index (Phi) is 11.7. The fraction of sp³-hybridized carbons (Fsp3) is 0.690. The molecule has 0 aliphatic heterocycles. The number of nitrogens with one attached hydrogen (secondary N) is 2. The lowest BCUT2D eigenvalue weighted by atomic mass is 9.93. The second-order valence-corrected chi connectivity index (χ2v) is 11.1. The van der Waals surface area contributed by atoms with E-state index in [0.29, 0.717) is 6.54 Å². The summed E-state index contributed by atoms with van der Waals surface area (Å²) in [5, 5.41) is 5.92. The Balaban J connectivity index is 2.35. The van der Waals surface area contributed by atoms with E-state index in [2.05, 4.69) is 17.6 Å². The first-order chi connectivity index (χ1) is 17.0. The number of aryl methyl sites for hydroxylation is 1. The minimum Gasteiger partial charge on any atom is -0.444 e. The van der Waals surface area contributed by atoms with E-state index in [1.165, 1.54) is 6.42 Å². The third-order valence-electron chi connectivity index (χ3n) is 6.63. The van der Waals surface area contributed by atoms with Crippen molar-refractivity contribution in [1.82, 2.24) is 15.5 Å². The lowest BCUT2D eigenvalue weighted by Crippen LogP contribution is -2.53. The summed E-state index contributed by atoms with van der Waals surface area (Å²) in [6.07, 6.45) is 8.60. The van der Waals surface area contributed by atoms with Crippen LogP contribution >= 0.6 is 0 Å². The molecule has 2 unspecified atom stereocenters. The van der Waals surface area contributed by atoms with Crippen molar-refractivity contribution < 1.29 is 19.1 Å². The van der Waals surface area contributed by atoms with Crippen molar-refractivity contribution in [2.45, 2.75) is 123 Å². The van der Waals surface area contributed by atoms with Gasteiger partial charge in [0.25, 0.3) is 0 Å². The Morgan fingerprint density at radius 1 is 1.06 bits per heavy atom. The summed E-state index contributed by atoms with van der Waals surface area (Å²) in [4.78, 5) is 41.7. The molecule has 0 heterocycles. The van der Waals surface area contributed by atoms with E-state index in [1.54, 1.807) is 32.6 Å². The van der Waals surface area contributed by atoms with Crippen molar-refractivity contribution in [2.24, 2.45) is 0 Å². The van der Waals surface area contributed by atoms with Gasteiger partial charge in [-0.1, -0.05) is 69.7 Å². The fourth-order valence-electron chi connectivity index (χ4n) is 4.74. The number of benzene rings is 1. The van der Waals surface area contributed by atoms with Crippen LogP contribution in [0.2, 0.25) is 0 Å². The molecule has 3 amide bonds. The Bertz CT molecular complexity index is 858. The van der Waals surface area contributed by atoms with E-state index < -0.39 is 23.8 Å². The van der Waals surface area contributed by atoms with E-state index in [-0.39, 0.29) is 17.9 Å². The Morgan fingerprint density at radius 3 is 2.33 bits per heavy atom. The first-order valence-corrected chi connectivity index (χ1v) is 13.7. The molecule has 2 rings (SSSR count). The van der Waals surface area contributed by atoms with Crippen LogP contribution in [0, 0.1) is 6.92 Å². The number of carbonyl (C=O) groups excluding carboxylic acids is 3. The molecular weight excluding hydrogens is 454 g/mol. The van der Waals surface area contributed by atoms with E-state index >= 15 is 0 Å². The van der Waals surface area contributed by atoms with Crippen LogP contribution in [0.3, 0.4) is 0 Å². The van der Waals surface area contributed by atoms with Crippen LogP contribution in [0.25, 0.3) is 0 Å². The average Bonchev–Trinajstić information content (AvgIpc) is 2.80. The number of alkyl carbamates (subject to hydrolysis) is 1. The van der Waals surface area contributed by atoms with Crippen molar-refractivity contribution in [3.8, 4) is 0 Å². The molecule has 0 radical (unpaired) electrons. The second kappa shape index (κ2) is 14.2. The largest absolute Gasteiger partial charge is 0.444 e. The quantitative estimate of drug-likeness (QED) is 0.375. The zero-order chi connectivity index (χ0) is 26.7. The number of hydrogen-bond donors (Lipinski definition) is 2. The predicted octanol–water partition coefficient (Wildman–Crippen LogP) is 5.81. The number of amides is 3. The first kappa shape index (κ1) is 29.7. The highest BCUT2D eigenvalue weighted by molar-refractivity contribution is 5.92. The number of nitrogens with zero attached hydrogens (tertiary/aromatic N) is 1. The normalized spacial score (nSPS) is 16.1. The Hall–Kier alpha value is -2.57. The number of ether oxygens (including phenoxy) is 1. The molecule has 7 nitrogen and oxygen atoms in total. The zero-order valence-electron chi connectivity index (χ0n) is 23.2. The molecule has 2 N–H and O–H groups in total. The van der Waals surface area contributed by atoms with Gasteiger partial charge in [0.1, 0.15) is 17.7 Å². The van der Waals surface area contributed by atoms with Gasteiger partial charge < -0.3 is 20.3 Å². The molecule has 0 saturated heterocycles. The van der Waals surface area contributed by atoms with Gasteiger partial charge in [-0.2, -0.15) is 0 Å². The molecular formula is C29H47N3O4. The van der Waals surface area contributed by atoms with Crippen molar-refractivity contribution in [3.05, 3.63) is 35.4 Å². The van der Waals surface area contributed by atoms with E-state index in [1.807, 2.05) is 31.2 Å². The van der Waals surface area contributed by atoms with Crippen molar-refractivity contribution in [3.63, 3.8) is 0 Å². The minimum atomic E-state index is -0.833. The summed E-state index contributed by atoms with van der Waals surface area (Å²) in [6, 6.07) is 6.29. The third kappa shape index (κ3) is 9.47. The standard InChI is InChI=1S/C29H47N3O4/c1-7-8-9-15-20-32(27(34)22(3)30-28(35)36-29(4,5)6)25(24-19-14-13-16-21(24)2)26(33)31-23-17-11-10-12-18-23/h13-14,16,19,22-23,25H,7-12,15,17-18,20H2,1-6H3,(H,30,35)(H,31,33). The molecule has 0 spiro atoms. The third-order valence-corrected chi connectivity index (χ3v) is 6.63. The van der Waals surface area contributed by atoms with Gasteiger partial charge in [0.15, 0.2) is 0 Å². The van der Waals surface area contributed by atoms with Gasteiger partial charge in [0, 0.05) is 12.6 Å². The summed E-state index contributed by atoms with van der Waals surface area (Å²) in [6.45, 7) is 11.5. The van der Waals surface area contributed by atoms with Crippen LogP contribution < -0.4 is 10.6 Å². The van der Waals surface area contributed by atoms with Crippen LogP contribution in [-0.4, -0.2) is 47.0 Å². The van der Waals surface area contributed by atoms with Gasteiger partial charge in [-0.15, -0.1) is 0 Å². The van der Waals surface area contributed by atoms with Crippen LogP contribution in [0.1, 0.15) is 110 Å². The van der Waals surface area contributed by atoms with Gasteiger partial charge >= 0.3 is 6.09 Å². The van der Waals surface area contributed by atoms with Gasteiger partial charge in [0.05, 0.1) is 0 Å². The second-order valence-electron chi connectivity index (χ2n) is 11.1. The lowest BCUT2D eigenvalue weighted by Gasteiger charge is -2.35. The maximum atomic E-state index is 13.8. The van der Waals surface area contributed by atoms with E-state index in [9.17, 15) is 14.4 Å². The van der Waals surface area contributed by atoms with Crippen molar-refractivity contribution in [2.75, 3.05) is 6.54 Å². The topological polar surface area (TPSA) is 87.7 Å². The van der Waals surface area contributed by atoms with Gasteiger partial charge in [0.2, 0.25) is 11.8 Å². The lowest BCUT2D eigenvalue weighted by molar-refractivity contribution is -0.142. The molecule has 36 heavy (non-hydrogen) atoms. The smallest absolute Gasteiger partial charge is 0.408 e. The average molecular weight is 502 g/mol. The first-order valence-electron chi connectivity index (χ1n) is 13.7. The SMILES string of the molecule is CCCCCCN(C(=O)C(C)NC(=O)OC(C)(C)C)C(C(=O)NC1CCCCC1)c1ccccc1C. The Morgan fingerprint density at radius 2 is 1.72 bits per heavy atom. The maximum absolute atomic E-state index is 13.8. The summed E-state index contributed by atoms with van der Waals surface area (Å²) in [5.74, 6) is -0.436. The highest BCUT2D eigenvalue weighted by Gasteiger charge is 2.36. The molecule has 1 aliphatic rings. The minimum absolute atomic E-state index is 0.132. The fourth-order valence-corrected chi connectivity index (χ4v) is 4.74. The molecule has 7 heteroatoms. The molecule has 1 aliphatic carbocycles. The van der Waals surface area contributed by atoms with Gasteiger partial charge in [-0.25, -0.2) is 4.79 Å². The number of carbonyl (C=O) groups is 3. The molecule has 0 aromatic heterocycles. The molecule has 0 bridgehead atoms. The highest BCUT2D eigenvalue weighted by atomic mass is 16.6.